The van der Waals surface area contributed by atoms with E-state index in [1.54, 1.807) is 11.3 Å². The Bertz CT molecular complexity index is 1430. The Labute approximate surface area is 234 Å². The number of carbonyl (C=O) groups excluding carboxylic acids is 2. The molecule has 1 aliphatic rings. The maximum Gasteiger partial charge on any atom is 0.412 e. The highest BCUT2D eigenvalue weighted by molar-refractivity contribution is 9.11. The molecule has 0 radical (unpaired) electrons. The van der Waals surface area contributed by atoms with Gasteiger partial charge in [-0.2, -0.15) is 0 Å². The quantitative estimate of drug-likeness (QED) is 0.209. The molecule has 5 nitrogen and oxygen atoms in total. The molecular formula is C31H28BrNO4S. The second-order valence-corrected chi connectivity index (χ2v) is 11.8. The van der Waals surface area contributed by atoms with Gasteiger partial charge in [0.1, 0.15) is 6.10 Å². The Balaban J connectivity index is 1.29. The highest BCUT2D eigenvalue weighted by atomic mass is 79.9. The third-order valence-corrected chi connectivity index (χ3v) is 8.51. The van der Waals surface area contributed by atoms with E-state index in [4.69, 9.17) is 9.47 Å². The van der Waals surface area contributed by atoms with Crippen molar-refractivity contribution in [1.82, 2.24) is 0 Å². The van der Waals surface area contributed by atoms with Crippen molar-refractivity contribution in [1.29, 1.82) is 0 Å². The number of carbonyl (C=O) groups is 2. The minimum absolute atomic E-state index is 0.123. The van der Waals surface area contributed by atoms with Gasteiger partial charge in [0.25, 0.3) is 0 Å². The van der Waals surface area contributed by atoms with Gasteiger partial charge in [-0.1, -0.05) is 78.9 Å². The molecule has 4 aromatic rings. The third kappa shape index (κ3) is 5.54. The summed E-state index contributed by atoms with van der Waals surface area (Å²) >= 11 is 5.10. The number of amides is 1. The lowest BCUT2D eigenvalue weighted by Gasteiger charge is -2.15. The van der Waals surface area contributed by atoms with Gasteiger partial charge in [-0.15, -0.1) is 11.3 Å². The van der Waals surface area contributed by atoms with Crippen LogP contribution in [-0.2, 0) is 19.7 Å². The molecule has 0 unspecified atom stereocenters. The number of benzene rings is 3. The highest BCUT2D eigenvalue weighted by Crippen LogP contribution is 2.49. The van der Waals surface area contributed by atoms with Crippen molar-refractivity contribution < 1.29 is 19.1 Å². The number of anilines is 1. The summed E-state index contributed by atoms with van der Waals surface area (Å²) in [6, 6.07) is 27.9. The molecule has 3 aromatic carbocycles. The fourth-order valence-corrected chi connectivity index (χ4v) is 6.12. The van der Waals surface area contributed by atoms with Gasteiger partial charge in [-0.3, -0.25) is 10.1 Å². The van der Waals surface area contributed by atoms with Crippen molar-refractivity contribution in [2.75, 3.05) is 11.9 Å². The molecule has 1 heterocycles. The minimum Gasteiger partial charge on any atom is -0.465 e. The number of nitrogens with one attached hydrogen (secondary N) is 1. The largest absolute Gasteiger partial charge is 0.465 e. The summed E-state index contributed by atoms with van der Waals surface area (Å²) < 4.78 is 11.8. The Kier molecular flexibility index (Phi) is 7.68. The Morgan fingerprint density at radius 3 is 2.16 bits per heavy atom. The maximum absolute atomic E-state index is 12.6. The fraction of sp³-hybridized carbons (Fsp3) is 0.226. The Morgan fingerprint density at radius 1 is 0.947 bits per heavy atom. The van der Waals surface area contributed by atoms with Crippen LogP contribution in [0.2, 0.25) is 0 Å². The molecule has 0 aliphatic heterocycles. The van der Waals surface area contributed by atoms with Crippen molar-refractivity contribution in [3.8, 4) is 21.6 Å². The van der Waals surface area contributed by atoms with Gasteiger partial charge >= 0.3 is 12.1 Å². The number of rotatable bonds is 8. The molecule has 1 fully saturated rings. The van der Waals surface area contributed by atoms with Crippen molar-refractivity contribution in [2.24, 2.45) is 0 Å². The predicted octanol–water partition coefficient (Wildman–Crippen LogP) is 8.75. The number of thiophene rings is 1. The first-order valence-electron chi connectivity index (χ1n) is 12.6. The molecular weight excluding hydrogens is 562 g/mol. The minimum atomic E-state index is -0.499. The number of hydrogen-bond acceptors (Lipinski definition) is 5. The second-order valence-electron chi connectivity index (χ2n) is 9.33. The first-order chi connectivity index (χ1) is 18.4. The van der Waals surface area contributed by atoms with E-state index in [1.165, 1.54) is 0 Å². The lowest BCUT2D eigenvalue weighted by atomic mass is 9.93. The van der Waals surface area contributed by atoms with E-state index in [0.29, 0.717) is 12.3 Å². The number of ether oxygens (including phenoxy) is 2. The van der Waals surface area contributed by atoms with E-state index in [9.17, 15) is 9.59 Å². The van der Waals surface area contributed by atoms with Crippen LogP contribution < -0.4 is 5.32 Å². The summed E-state index contributed by atoms with van der Waals surface area (Å²) in [5, 5.41) is 2.90. The summed E-state index contributed by atoms with van der Waals surface area (Å²) in [5.41, 5.74) is 5.32. The fourth-order valence-electron chi connectivity index (χ4n) is 4.56. The average molecular weight is 591 g/mol. The van der Waals surface area contributed by atoms with Crippen LogP contribution in [0.1, 0.15) is 43.9 Å². The van der Waals surface area contributed by atoms with Gasteiger partial charge < -0.3 is 9.47 Å². The van der Waals surface area contributed by atoms with Crippen LogP contribution in [0.5, 0.6) is 0 Å². The summed E-state index contributed by atoms with van der Waals surface area (Å²) in [6.07, 6.45) is 0.816. The van der Waals surface area contributed by atoms with Gasteiger partial charge in [0.2, 0.25) is 0 Å². The molecule has 1 aliphatic carbocycles. The van der Waals surface area contributed by atoms with E-state index < -0.39 is 11.5 Å². The monoisotopic (exact) mass is 589 g/mol. The topological polar surface area (TPSA) is 64.6 Å². The normalized spacial score (nSPS) is 14.4. The SMILES string of the molecule is CCOC(=O)C1(c2ccc(-c3ccc(-c4sc(Br)cc4NC(=O)O[C@H](C)c4ccccc4)cc3)cc2)CC1. The molecule has 194 valence electrons. The van der Waals surface area contributed by atoms with Crippen molar-refractivity contribution in [3.05, 3.63) is 99.8 Å². The molecule has 0 saturated heterocycles. The summed E-state index contributed by atoms with van der Waals surface area (Å²) in [7, 11) is 0. The van der Waals surface area contributed by atoms with E-state index in [1.807, 2.05) is 74.5 Å². The molecule has 5 rings (SSSR count). The van der Waals surface area contributed by atoms with Crippen LogP contribution in [0, 0.1) is 0 Å². The third-order valence-electron chi connectivity index (χ3n) is 6.83. The van der Waals surface area contributed by atoms with E-state index in [-0.39, 0.29) is 12.1 Å². The van der Waals surface area contributed by atoms with Crippen molar-refractivity contribution in [3.63, 3.8) is 0 Å². The van der Waals surface area contributed by atoms with Gasteiger partial charge in [-0.05, 0) is 76.5 Å². The number of esters is 1. The molecule has 1 N–H and O–H groups in total. The predicted molar refractivity (Wildman–Crippen MR) is 155 cm³/mol. The lowest BCUT2D eigenvalue weighted by Crippen LogP contribution is -2.23. The molecule has 0 bridgehead atoms. The summed E-state index contributed by atoms with van der Waals surface area (Å²) in [5.74, 6) is -0.123. The number of hydrogen-bond donors (Lipinski definition) is 1. The zero-order valence-corrected chi connectivity index (χ0v) is 23.6. The molecule has 1 amide bonds. The van der Waals surface area contributed by atoms with Crippen LogP contribution in [0.25, 0.3) is 21.6 Å². The van der Waals surface area contributed by atoms with Crippen LogP contribution in [0.15, 0.2) is 88.7 Å². The molecule has 1 atom stereocenters. The van der Waals surface area contributed by atoms with E-state index >= 15 is 0 Å². The van der Waals surface area contributed by atoms with Gasteiger partial charge in [0.15, 0.2) is 0 Å². The molecule has 1 saturated carbocycles. The first-order valence-corrected chi connectivity index (χ1v) is 14.2. The van der Waals surface area contributed by atoms with E-state index in [2.05, 4.69) is 45.5 Å². The maximum atomic E-state index is 12.6. The molecule has 7 heteroatoms. The second kappa shape index (κ2) is 11.1. The molecule has 38 heavy (non-hydrogen) atoms. The zero-order valence-electron chi connectivity index (χ0n) is 21.2. The Morgan fingerprint density at radius 2 is 1.55 bits per heavy atom. The standard InChI is InChI=1S/C31H28BrNO4S/c1-3-36-29(34)31(17-18-31)25-15-13-23(14-16-25)22-9-11-24(12-10-22)28-26(19-27(32)38-28)33-30(35)37-20(2)21-7-5-4-6-8-21/h4-16,19-20H,3,17-18H2,1-2H3,(H,33,35)/t20-/m1/s1. The molecule has 1 aromatic heterocycles. The smallest absolute Gasteiger partial charge is 0.412 e. The van der Waals surface area contributed by atoms with Crippen LogP contribution in [-0.4, -0.2) is 18.7 Å². The van der Waals surface area contributed by atoms with Gasteiger partial charge in [-0.25, -0.2) is 4.79 Å². The summed E-state index contributed by atoms with van der Waals surface area (Å²) in [6.45, 7) is 4.09. The van der Waals surface area contributed by atoms with Crippen molar-refractivity contribution >= 4 is 45.0 Å². The Hall–Kier alpha value is -3.42. The van der Waals surface area contributed by atoms with E-state index in [0.717, 1.165) is 49.3 Å². The first kappa shape index (κ1) is 26.2. The van der Waals surface area contributed by atoms with Crippen molar-refractivity contribution in [2.45, 2.75) is 38.2 Å². The highest BCUT2D eigenvalue weighted by Gasteiger charge is 2.52. The lowest BCUT2D eigenvalue weighted by molar-refractivity contribution is -0.146. The summed E-state index contributed by atoms with van der Waals surface area (Å²) in [4.78, 5) is 26.0. The van der Waals surface area contributed by atoms with Crippen LogP contribution in [0.4, 0.5) is 10.5 Å². The van der Waals surface area contributed by atoms with Gasteiger partial charge in [0.05, 0.1) is 26.4 Å². The number of halogens is 1. The molecule has 0 spiro atoms. The zero-order chi connectivity index (χ0) is 26.7. The van der Waals surface area contributed by atoms with Gasteiger partial charge in [0, 0.05) is 0 Å². The average Bonchev–Trinajstić information content (AvgIpc) is 3.67. The van der Waals surface area contributed by atoms with Crippen LogP contribution >= 0.6 is 27.3 Å². The van der Waals surface area contributed by atoms with Crippen LogP contribution in [0.3, 0.4) is 0 Å².